The van der Waals surface area contributed by atoms with Crippen LogP contribution in [-0.2, 0) is 9.59 Å². The molecule has 122 valence electrons. The highest BCUT2D eigenvalue weighted by Crippen LogP contribution is 2.22. The Bertz CT molecular complexity index is 355. The molecule has 21 heavy (non-hydrogen) atoms. The molecule has 1 rings (SSSR count). The second kappa shape index (κ2) is 8.40. The van der Waals surface area contributed by atoms with Crippen molar-refractivity contribution in [1.82, 2.24) is 10.2 Å². The van der Waals surface area contributed by atoms with Crippen molar-refractivity contribution in [2.45, 2.75) is 91.3 Å². The van der Waals surface area contributed by atoms with Crippen LogP contribution in [0.15, 0.2) is 0 Å². The van der Waals surface area contributed by atoms with Gasteiger partial charge in [-0.3, -0.25) is 9.59 Å². The number of carbonyl (C=O) groups excluding carboxylic acids is 2. The average Bonchev–Trinajstić information content (AvgIpc) is 2.41. The fourth-order valence-electron chi connectivity index (χ4n) is 3.14. The van der Waals surface area contributed by atoms with Crippen LogP contribution in [0, 0.1) is 5.92 Å². The molecule has 4 heteroatoms. The van der Waals surface area contributed by atoms with Crippen LogP contribution in [0.4, 0.5) is 0 Å². The van der Waals surface area contributed by atoms with E-state index in [1.807, 2.05) is 18.7 Å². The molecule has 0 aliphatic carbocycles. The molecule has 0 aromatic carbocycles. The van der Waals surface area contributed by atoms with Crippen LogP contribution in [-0.4, -0.2) is 34.8 Å². The predicted molar refractivity (Wildman–Crippen MR) is 85.9 cm³/mol. The molecule has 4 nitrogen and oxygen atoms in total. The Kier molecular flexibility index (Phi) is 7.20. The third-order valence-corrected chi connectivity index (χ3v) is 4.35. The minimum Gasteiger partial charge on any atom is -0.343 e. The largest absolute Gasteiger partial charge is 0.343 e. The second-order valence-corrected chi connectivity index (χ2v) is 6.69. The molecule has 0 aromatic heterocycles. The van der Waals surface area contributed by atoms with Gasteiger partial charge in [-0.05, 0) is 32.1 Å². The second-order valence-electron chi connectivity index (χ2n) is 6.69. The highest BCUT2D eigenvalue weighted by molar-refractivity contribution is 5.97. The van der Waals surface area contributed by atoms with Gasteiger partial charge in [0.05, 0.1) is 0 Å². The Balaban J connectivity index is 2.76. The normalized spacial score (nSPS) is 24.4. The summed E-state index contributed by atoms with van der Waals surface area (Å²) in [6, 6.07) is -0.468. The van der Waals surface area contributed by atoms with Crippen molar-refractivity contribution in [2.24, 2.45) is 5.92 Å². The van der Waals surface area contributed by atoms with Crippen LogP contribution < -0.4 is 5.32 Å². The molecule has 1 N–H and O–H groups in total. The van der Waals surface area contributed by atoms with Gasteiger partial charge in [0.1, 0.15) is 12.1 Å². The Morgan fingerprint density at radius 2 is 1.81 bits per heavy atom. The Morgan fingerprint density at radius 1 is 1.14 bits per heavy atom. The van der Waals surface area contributed by atoms with E-state index in [9.17, 15) is 9.59 Å². The lowest BCUT2D eigenvalue weighted by molar-refractivity contribution is -0.152. The number of nitrogens with zero attached hydrogens (tertiary/aromatic N) is 1. The van der Waals surface area contributed by atoms with Crippen LogP contribution >= 0.6 is 0 Å². The average molecular weight is 296 g/mol. The summed E-state index contributed by atoms with van der Waals surface area (Å²) in [6.45, 7) is 10.5. The fourth-order valence-corrected chi connectivity index (χ4v) is 3.14. The van der Waals surface area contributed by atoms with Gasteiger partial charge in [0.25, 0.3) is 0 Å². The number of hydrogen-bond donors (Lipinski definition) is 1. The highest BCUT2D eigenvalue weighted by Gasteiger charge is 2.40. The molecule has 1 aliphatic heterocycles. The predicted octanol–water partition coefficient (Wildman–Crippen LogP) is 3.11. The zero-order chi connectivity index (χ0) is 16.0. The van der Waals surface area contributed by atoms with E-state index in [2.05, 4.69) is 26.1 Å². The standard InChI is InChI=1S/C17H32N2O2/c1-6-9-14-17(21)19(15(7-2)16(20)18-14)13(5)11-8-10-12(3)4/h12-15H,6-11H2,1-5H3,(H,18,20). The van der Waals surface area contributed by atoms with Crippen LogP contribution in [0.3, 0.4) is 0 Å². The zero-order valence-electron chi connectivity index (χ0n) is 14.3. The number of hydrogen-bond acceptors (Lipinski definition) is 2. The van der Waals surface area contributed by atoms with Gasteiger partial charge >= 0.3 is 0 Å². The first kappa shape index (κ1) is 18.0. The molecule has 0 radical (unpaired) electrons. The van der Waals surface area contributed by atoms with Crippen molar-refractivity contribution >= 4 is 11.8 Å². The molecule has 0 spiro atoms. The van der Waals surface area contributed by atoms with Gasteiger partial charge in [-0.1, -0.05) is 47.0 Å². The minimum atomic E-state index is -0.321. The Hall–Kier alpha value is -1.06. The summed E-state index contributed by atoms with van der Waals surface area (Å²) in [4.78, 5) is 26.8. The Morgan fingerprint density at radius 3 is 2.33 bits per heavy atom. The number of piperazine rings is 1. The van der Waals surface area contributed by atoms with Crippen molar-refractivity contribution in [3.8, 4) is 0 Å². The lowest BCUT2D eigenvalue weighted by Gasteiger charge is -2.42. The van der Waals surface area contributed by atoms with Crippen LogP contribution in [0.2, 0.25) is 0 Å². The monoisotopic (exact) mass is 296 g/mol. The third-order valence-electron chi connectivity index (χ3n) is 4.35. The maximum atomic E-state index is 12.7. The van der Waals surface area contributed by atoms with E-state index in [1.54, 1.807) is 0 Å². The molecule has 3 atom stereocenters. The number of amides is 2. The van der Waals surface area contributed by atoms with Crippen molar-refractivity contribution in [3.63, 3.8) is 0 Å². The molecule has 1 saturated heterocycles. The first-order valence-corrected chi connectivity index (χ1v) is 8.54. The maximum Gasteiger partial charge on any atom is 0.246 e. The molecule has 2 amide bonds. The van der Waals surface area contributed by atoms with E-state index in [0.29, 0.717) is 12.3 Å². The van der Waals surface area contributed by atoms with Gasteiger partial charge in [-0.2, -0.15) is 0 Å². The van der Waals surface area contributed by atoms with E-state index < -0.39 is 0 Å². The lowest BCUT2D eigenvalue weighted by Crippen LogP contribution is -2.65. The zero-order valence-corrected chi connectivity index (χ0v) is 14.3. The Labute approximate surface area is 129 Å². The maximum absolute atomic E-state index is 12.7. The van der Waals surface area contributed by atoms with Crippen molar-refractivity contribution in [2.75, 3.05) is 0 Å². The van der Waals surface area contributed by atoms with Gasteiger partial charge < -0.3 is 10.2 Å². The minimum absolute atomic E-state index is 0.0197. The summed E-state index contributed by atoms with van der Waals surface area (Å²) >= 11 is 0. The van der Waals surface area contributed by atoms with Gasteiger partial charge in [0.2, 0.25) is 11.8 Å². The van der Waals surface area contributed by atoms with E-state index in [4.69, 9.17) is 0 Å². The quantitative estimate of drug-likeness (QED) is 0.748. The fraction of sp³-hybridized carbons (Fsp3) is 0.882. The topological polar surface area (TPSA) is 49.4 Å². The van der Waals surface area contributed by atoms with Gasteiger partial charge in [0.15, 0.2) is 0 Å². The van der Waals surface area contributed by atoms with Gasteiger partial charge in [0, 0.05) is 6.04 Å². The van der Waals surface area contributed by atoms with E-state index in [1.165, 1.54) is 6.42 Å². The summed E-state index contributed by atoms with van der Waals surface area (Å²) < 4.78 is 0. The molecule has 3 unspecified atom stereocenters. The number of nitrogens with one attached hydrogen (secondary N) is 1. The van der Waals surface area contributed by atoms with Crippen molar-refractivity contribution in [3.05, 3.63) is 0 Å². The molecule has 0 saturated carbocycles. The first-order chi connectivity index (χ1) is 9.92. The summed E-state index contributed by atoms with van der Waals surface area (Å²) in [5.74, 6) is 0.818. The summed E-state index contributed by atoms with van der Waals surface area (Å²) in [6.07, 6.45) is 5.59. The molecule has 1 fully saturated rings. The van der Waals surface area contributed by atoms with E-state index in [0.717, 1.165) is 25.7 Å². The molecule has 1 heterocycles. The van der Waals surface area contributed by atoms with Crippen molar-refractivity contribution < 1.29 is 9.59 Å². The van der Waals surface area contributed by atoms with Crippen LogP contribution in [0.1, 0.15) is 73.1 Å². The summed E-state index contributed by atoms with van der Waals surface area (Å²) in [7, 11) is 0. The molecular formula is C17H32N2O2. The van der Waals surface area contributed by atoms with Crippen molar-refractivity contribution in [1.29, 1.82) is 0 Å². The number of rotatable bonds is 8. The lowest BCUT2D eigenvalue weighted by atomic mass is 9.97. The van der Waals surface area contributed by atoms with Gasteiger partial charge in [-0.25, -0.2) is 0 Å². The third kappa shape index (κ3) is 4.72. The summed E-state index contributed by atoms with van der Waals surface area (Å²) in [5, 5.41) is 2.90. The van der Waals surface area contributed by atoms with Crippen LogP contribution in [0.25, 0.3) is 0 Å². The number of carbonyl (C=O) groups is 2. The van der Waals surface area contributed by atoms with E-state index >= 15 is 0 Å². The van der Waals surface area contributed by atoms with Crippen LogP contribution in [0.5, 0.6) is 0 Å². The van der Waals surface area contributed by atoms with Gasteiger partial charge in [-0.15, -0.1) is 0 Å². The molecule has 0 aromatic rings. The smallest absolute Gasteiger partial charge is 0.246 e. The van der Waals surface area contributed by atoms with E-state index in [-0.39, 0.29) is 29.9 Å². The SMILES string of the molecule is CCCC1NC(=O)C(CC)N(C(C)CCCC(C)C)C1=O. The molecule has 1 aliphatic rings. The molecule has 0 bridgehead atoms. The highest BCUT2D eigenvalue weighted by atomic mass is 16.2. The summed E-state index contributed by atoms with van der Waals surface area (Å²) in [5.41, 5.74) is 0. The molecular weight excluding hydrogens is 264 g/mol. The first-order valence-electron chi connectivity index (χ1n) is 8.54.